The van der Waals surface area contributed by atoms with Gasteiger partial charge >= 0.3 is 0 Å². The Kier molecular flexibility index (Phi) is 6.71. The number of hydrogen-bond acceptors (Lipinski definition) is 4. The minimum atomic E-state index is -3.56. The van der Waals surface area contributed by atoms with Crippen LogP contribution in [0.4, 0.5) is 0 Å². The van der Waals surface area contributed by atoms with E-state index in [1.54, 1.807) is 22.7 Å². The molecule has 2 aromatic rings. The van der Waals surface area contributed by atoms with Gasteiger partial charge in [0.1, 0.15) is 0 Å². The average molecular weight is 433 g/mol. The van der Waals surface area contributed by atoms with Gasteiger partial charge in [-0.15, -0.1) is 11.8 Å². The van der Waals surface area contributed by atoms with Gasteiger partial charge in [0, 0.05) is 36.3 Å². The molecule has 29 heavy (non-hydrogen) atoms. The fourth-order valence-electron chi connectivity index (χ4n) is 3.43. The summed E-state index contributed by atoms with van der Waals surface area (Å²) in [6.07, 6.45) is 0. The minimum Gasteiger partial charge on any atom is -0.336 e. The van der Waals surface area contributed by atoms with Crippen molar-refractivity contribution in [1.82, 2.24) is 9.21 Å². The molecule has 5 nitrogen and oxygen atoms in total. The molecule has 3 rings (SSSR count). The molecule has 7 heteroatoms. The minimum absolute atomic E-state index is 0.0301. The van der Waals surface area contributed by atoms with E-state index in [9.17, 15) is 13.2 Å². The Morgan fingerprint density at radius 3 is 2.31 bits per heavy atom. The highest BCUT2D eigenvalue weighted by Crippen LogP contribution is 2.28. The van der Waals surface area contributed by atoms with E-state index in [0.717, 1.165) is 16.0 Å². The molecule has 156 valence electrons. The Balaban J connectivity index is 1.74. The van der Waals surface area contributed by atoms with E-state index < -0.39 is 10.0 Å². The van der Waals surface area contributed by atoms with Crippen molar-refractivity contribution in [2.45, 2.75) is 42.7 Å². The maximum Gasteiger partial charge on any atom is 0.255 e. The largest absolute Gasteiger partial charge is 0.336 e. The number of piperazine rings is 1. The standard InChI is InChI=1S/C22H28N2O3S2/c1-16(2)28-20-8-6-5-7-19(20)22(25)23-11-13-24(14-12-23)29(26,27)21-15-17(3)9-10-18(21)4/h5-10,15-16H,11-14H2,1-4H3. The van der Waals surface area contributed by atoms with Gasteiger partial charge in [0.2, 0.25) is 10.0 Å². The molecule has 0 unspecified atom stereocenters. The maximum absolute atomic E-state index is 13.1. The first-order chi connectivity index (χ1) is 13.7. The highest BCUT2D eigenvalue weighted by atomic mass is 32.2. The Morgan fingerprint density at radius 2 is 1.66 bits per heavy atom. The zero-order valence-corrected chi connectivity index (χ0v) is 19.0. The van der Waals surface area contributed by atoms with Gasteiger partial charge in [-0.05, 0) is 43.2 Å². The highest BCUT2D eigenvalue weighted by Gasteiger charge is 2.31. The lowest BCUT2D eigenvalue weighted by Gasteiger charge is -2.34. The number of carbonyl (C=O) groups is 1. The topological polar surface area (TPSA) is 57.7 Å². The fraction of sp³-hybridized carbons (Fsp3) is 0.409. The summed E-state index contributed by atoms with van der Waals surface area (Å²) in [5.74, 6) is -0.0301. The highest BCUT2D eigenvalue weighted by molar-refractivity contribution is 8.00. The van der Waals surface area contributed by atoms with Crippen LogP contribution in [0.2, 0.25) is 0 Å². The third-order valence-electron chi connectivity index (χ3n) is 4.97. The number of thioether (sulfide) groups is 1. The Hall–Kier alpha value is -1.83. The molecule has 1 saturated heterocycles. The molecule has 2 aromatic carbocycles. The smallest absolute Gasteiger partial charge is 0.255 e. The van der Waals surface area contributed by atoms with Crippen LogP contribution in [-0.4, -0.2) is 55.0 Å². The Bertz CT molecular complexity index is 995. The van der Waals surface area contributed by atoms with Crippen molar-refractivity contribution >= 4 is 27.7 Å². The van der Waals surface area contributed by atoms with Crippen LogP contribution in [0.1, 0.15) is 35.3 Å². The van der Waals surface area contributed by atoms with Gasteiger partial charge in [-0.3, -0.25) is 4.79 Å². The zero-order valence-electron chi connectivity index (χ0n) is 17.4. The Labute approximate surface area is 178 Å². The predicted molar refractivity (Wildman–Crippen MR) is 118 cm³/mol. The van der Waals surface area contributed by atoms with Crippen molar-refractivity contribution in [3.8, 4) is 0 Å². The average Bonchev–Trinajstić information content (AvgIpc) is 2.69. The number of carbonyl (C=O) groups excluding carboxylic acids is 1. The van der Waals surface area contributed by atoms with Gasteiger partial charge in [-0.1, -0.05) is 38.1 Å². The van der Waals surface area contributed by atoms with Crippen LogP contribution < -0.4 is 0 Å². The lowest BCUT2D eigenvalue weighted by atomic mass is 10.2. The van der Waals surface area contributed by atoms with E-state index in [4.69, 9.17) is 0 Å². The molecule has 0 atom stereocenters. The molecular weight excluding hydrogens is 404 g/mol. The second-order valence-corrected chi connectivity index (χ2v) is 11.2. The Morgan fingerprint density at radius 1 is 1.00 bits per heavy atom. The maximum atomic E-state index is 13.1. The predicted octanol–water partition coefficient (Wildman–Crippen LogP) is 3.95. The molecule has 0 bridgehead atoms. The fourth-order valence-corrected chi connectivity index (χ4v) is 6.11. The molecule has 1 aliphatic heterocycles. The van der Waals surface area contributed by atoms with Gasteiger partial charge in [0.15, 0.2) is 0 Å². The molecular formula is C22H28N2O3S2. The monoisotopic (exact) mass is 432 g/mol. The van der Waals surface area contributed by atoms with E-state index in [2.05, 4.69) is 13.8 Å². The molecule has 0 aliphatic carbocycles. The summed E-state index contributed by atoms with van der Waals surface area (Å²) in [7, 11) is -3.56. The number of hydrogen-bond donors (Lipinski definition) is 0. The van der Waals surface area contributed by atoms with Gasteiger partial charge in [0.05, 0.1) is 10.5 Å². The van der Waals surface area contributed by atoms with Crippen molar-refractivity contribution in [2.75, 3.05) is 26.2 Å². The number of rotatable bonds is 5. The third-order valence-corrected chi connectivity index (χ3v) is 8.09. The van der Waals surface area contributed by atoms with Gasteiger partial charge in [0.25, 0.3) is 5.91 Å². The van der Waals surface area contributed by atoms with E-state index in [-0.39, 0.29) is 5.91 Å². The van der Waals surface area contributed by atoms with E-state index in [1.165, 1.54) is 4.31 Å². The normalized spacial score (nSPS) is 15.7. The molecule has 0 aromatic heterocycles. The first-order valence-corrected chi connectivity index (χ1v) is 12.1. The molecule has 1 amide bonds. The van der Waals surface area contributed by atoms with E-state index >= 15 is 0 Å². The van der Waals surface area contributed by atoms with E-state index in [1.807, 2.05) is 50.2 Å². The SMILES string of the molecule is Cc1ccc(C)c(S(=O)(=O)N2CCN(C(=O)c3ccccc3SC(C)C)CC2)c1. The first-order valence-electron chi connectivity index (χ1n) is 9.82. The van der Waals surface area contributed by atoms with Crippen molar-refractivity contribution in [3.63, 3.8) is 0 Å². The number of benzene rings is 2. The lowest BCUT2D eigenvalue weighted by Crippen LogP contribution is -2.50. The van der Waals surface area contributed by atoms with Gasteiger partial charge < -0.3 is 4.90 Å². The summed E-state index contributed by atoms with van der Waals surface area (Å²) in [6.45, 7) is 9.30. The second kappa shape index (κ2) is 8.90. The summed E-state index contributed by atoms with van der Waals surface area (Å²) in [6, 6.07) is 13.1. The van der Waals surface area contributed by atoms with Gasteiger partial charge in [-0.2, -0.15) is 4.31 Å². The lowest BCUT2D eigenvalue weighted by molar-refractivity contribution is 0.0694. The van der Waals surface area contributed by atoms with Crippen LogP contribution in [0, 0.1) is 13.8 Å². The molecule has 0 spiro atoms. The van der Waals surface area contributed by atoms with Crippen LogP contribution in [-0.2, 0) is 10.0 Å². The molecule has 0 saturated carbocycles. The zero-order chi connectivity index (χ0) is 21.2. The van der Waals surface area contributed by atoms with Gasteiger partial charge in [-0.25, -0.2) is 8.42 Å². The number of aryl methyl sites for hydroxylation is 2. The van der Waals surface area contributed by atoms with Crippen LogP contribution in [0.5, 0.6) is 0 Å². The molecule has 1 heterocycles. The molecule has 1 aliphatic rings. The van der Waals surface area contributed by atoms with Crippen molar-refractivity contribution in [2.24, 2.45) is 0 Å². The van der Waals surface area contributed by atoms with Crippen LogP contribution in [0.3, 0.4) is 0 Å². The summed E-state index contributed by atoms with van der Waals surface area (Å²) in [5, 5.41) is 0.378. The van der Waals surface area contributed by atoms with Crippen molar-refractivity contribution < 1.29 is 13.2 Å². The first kappa shape index (κ1) is 21.9. The van der Waals surface area contributed by atoms with E-state index in [0.29, 0.717) is 41.9 Å². The molecule has 1 fully saturated rings. The number of amides is 1. The summed E-state index contributed by atoms with van der Waals surface area (Å²) in [5.41, 5.74) is 2.35. The van der Waals surface area contributed by atoms with Crippen LogP contribution in [0.15, 0.2) is 52.3 Å². The number of sulfonamides is 1. The number of nitrogens with zero attached hydrogens (tertiary/aromatic N) is 2. The third kappa shape index (κ3) is 4.85. The van der Waals surface area contributed by atoms with Crippen LogP contribution in [0.25, 0.3) is 0 Å². The quantitative estimate of drug-likeness (QED) is 0.672. The van der Waals surface area contributed by atoms with Crippen molar-refractivity contribution in [1.29, 1.82) is 0 Å². The summed E-state index contributed by atoms with van der Waals surface area (Å²) < 4.78 is 27.7. The van der Waals surface area contributed by atoms with Crippen molar-refractivity contribution in [3.05, 3.63) is 59.2 Å². The molecule has 0 N–H and O–H groups in total. The molecule has 0 radical (unpaired) electrons. The second-order valence-electron chi connectivity index (χ2n) is 7.63. The van der Waals surface area contributed by atoms with Crippen LogP contribution >= 0.6 is 11.8 Å². The summed E-state index contributed by atoms with van der Waals surface area (Å²) >= 11 is 1.67. The summed E-state index contributed by atoms with van der Waals surface area (Å²) in [4.78, 5) is 16.2.